The van der Waals surface area contributed by atoms with Crippen molar-refractivity contribution in [2.45, 2.75) is 0 Å². The van der Waals surface area contributed by atoms with E-state index in [2.05, 4.69) is 10.6 Å². The molecule has 0 aromatic rings. The zero-order valence-electron chi connectivity index (χ0n) is 12.0. The number of carbonyl (C=O) groups is 4. The topological polar surface area (TPSA) is 111 Å². The summed E-state index contributed by atoms with van der Waals surface area (Å²) < 4.78 is 9.54. The zero-order chi connectivity index (χ0) is 15.7. The monoisotopic (exact) mass is 310 g/mol. The molecule has 4 aliphatic rings. The molecule has 4 heterocycles. The van der Waals surface area contributed by atoms with Crippen LogP contribution in [-0.2, 0) is 28.7 Å². The lowest BCUT2D eigenvalue weighted by Crippen LogP contribution is -2.44. The first-order valence-corrected chi connectivity index (χ1v) is 7.38. The molecule has 8 heteroatoms. The molecule has 4 unspecified atom stereocenters. The minimum absolute atomic E-state index is 0.0243. The smallest absolute Gasteiger partial charge is 0.317 e. The van der Waals surface area contributed by atoms with Crippen LogP contribution in [-0.4, -0.2) is 62.9 Å². The molecule has 120 valence electrons. The van der Waals surface area contributed by atoms with E-state index in [9.17, 15) is 19.2 Å². The van der Waals surface area contributed by atoms with E-state index in [-0.39, 0.29) is 35.3 Å². The summed E-state index contributed by atoms with van der Waals surface area (Å²) in [5.74, 6) is -1.46. The molecule has 0 aliphatic carbocycles. The fraction of sp³-hybridized carbons (Fsp3) is 0.714. The van der Waals surface area contributed by atoms with Gasteiger partial charge in [0.1, 0.15) is 11.8 Å². The van der Waals surface area contributed by atoms with Crippen LogP contribution in [0.15, 0.2) is 0 Å². The highest BCUT2D eigenvalue weighted by molar-refractivity contribution is 6.02. The summed E-state index contributed by atoms with van der Waals surface area (Å²) in [5, 5.41) is 5.89. The highest BCUT2D eigenvalue weighted by Crippen LogP contribution is 2.25. The molecule has 0 amide bonds. The van der Waals surface area contributed by atoms with Crippen LogP contribution >= 0.6 is 0 Å². The van der Waals surface area contributed by atoms with Crippen LogP contribution in [0.25, 0.3) is 0 Å². The van der Waals surface area contributed by atoms with Gasteiger partial charge in [-0.15, -0.1) is 0 Å². The highest BCUT2D eigenvalue weighted by atomic mass is 16.5. The Bertz CT molecular complexity index is 473. The zero-order valence-corrected chi connectivity index (χ0v) is 12.0. The number of rotatable bonds is 0. The van der Waals surface area contributed by atoms with E-state index < -0.39 is 11.8 Å². The van der Waals surface area contributed by atoms with Crippen molar-refractivity contribution in [3.05, 3.63) is 0 Å². The third-order valence-corrected chi connectivity index (χ3v) is 4.44. The molecule has 0 spiro atoms. The molecule has 2 N–H and O–H groups in total. The quantitative estimate of drug-likeness (QED) is 0.386. The standard InChI is InChI=1S/2C7H9NO3/c2*9-5-2-8-1-4-3-11-7(10)6(4)5/h2*4,6,8H,1-3H2. The second-order valence-electron chi connectivity index (χ2n) is 5.93. The second kappa shape index (κ2) is 6.13. The van der Waals surface area contributed by atoms with Crippen molar-refractivity contribution in [2.75, 3.05) is 39.4 Å². The third-order valence-electron chi connectivity index (χ3n) is 4.44. The number of carbonyl (C=O) groups excluding carboxylic acids is 4. The van der Waals surface area contributed by atoms with E-state index in [4.69, 9.17) is 9.47 Å². The molecule has 4 rings (SSSR count). The third kappa shape index (κ3) is 2.76. The summed E-state index contributed by atoms with van der Waals surface area (Å²) in [6.45, 7) is 2.89. The number of esters is 2. The van der Waals surface area contributed by atoms with Crippen molar-refractivity contribution in [2.24, 2.45) is 23.7 Å². The maximum Gasteiger partial charge on any atom is 0.317 e. The summed E-state index contributed by atoms with van der Waals surface area (Å²) >= 11 is 0. The average Bonchev–Trinajstić information content (AvgIpc) is 3.06. The van der Waals surface area contributed by atoms with E-state index in [0.29, 0.717) is 26.3 Å². The Kier molecular flexibility index (Phi) is 4.21. The first kappa shape index (κ1) is 15.1. The van der Waals surface area contributed by atoms with Gasteiger partial charge in [-0.1, -0.05) is 0 Å². The molecule has 0 aromatic heterocycles. The lowest BCUT2D eigenvalue weighted by molar-refractivity contribution is -0.146. The minimum atomic E-state index is -0.462. The van der Waals surface area contributed by atoms with Gasteiger partial charge in [0, 0.05) is 24.9 Å². The lowest BCUT2D eigenvalue weighted by atomic mass is 9.88. The number of ether oxygens (including phenoxy) is 2. The van der Waals surface area contributed by atoms with Crippen molar-refractivity contribution in [1.29, 1.82) is 0 Å². The normalized spacial score (nSPS) is 36.7. The van der Waals surface area contributed by atoms with Crippen LogP contribution in [0.3, 0.4) is 0 Å². The molecule has 0 saturated carbocycles. The number of nitrogens with one attached hydrogen (secondary N) is 2. The highest BCUT2D eigenvalue weighted by Gasteiger charge is 2.44. The van der Waals surface area contributed by atoms with Gasteiger partial charge in [-0.25, -0.2) is 0 Å². The number of cyclic esters (lactones) is 2. The second-order valence-corrected chi connectivity index (χ2v) is 5.93. The molecular formula is C14H18N2O6. The predicted molar refractivity (Wildman–Crippen MR) is 71.6 cm³/mol. The van der Waals surface area contributed by atoms with Crippen molar-refractivity contribution < 1.29 is 28.7 Å². The molecule has 22 heavy (non-hydrogen) atoms. The summed E-state index contributed by atoms with van der Waals surface area (Å²) in [7, 11) is 0. The Morgan fingerprint density at radius 2 is 1.14 bits per heavy atom. The van der Waals surface area contributed by atoms with Crippen molar-refractivity contribution in [3.63, 3.8) is 0 Å². The Morgan fingerprint density at radius 1 is 0.727 bits per heavy atom. The molecule has 8 nitrogen and oxygen atoms in total. The van der Waals surface area contributed by atoms with Gasteiger partial charge in [0.15, 0.2) is 11.6 Å². The molecule has 4 atom stereocenters. The summed E-state index contributed by atoms with van der Waals surface area (Å²) in [6, 6.07) is 0. The van der Waals surface area contributed by atoms with Gasteiger partial charge in [0.05, 0.1) is 26.3 Å². The molecule has 4 fully saturated rings. The Balaban J connectivity index is 0.000000131. The van der Waals surface area contributed by atoms with E-state index >= 15 is 0 Å². The molecule has 4 saturated heterocycles. The first-order chi connectivity index (χ1) is 10.6. The number of hydrogen-bond donors (Lipinski definition) is 2. The van der Waals surface area contributed by atoms with Crippen molar-refractivity contribution in [1.82, 2.24) is 10.6 Å². The van der Waals surface area contributed by atoms with E-state index in [1.165, 1.54) is 0 Å². The molecular weight excluding hydrogens is 292 g/mol. The van der Waals surface area contributed by atoms with Crippen LogP contribution in [0.2, 0.25) is 0 Å². The lowest BCUT2D eigenvalue weighted by Gasteiger charge is -2.20. The average molecular weight is 310 g/mol. The minimum Gasteiger partial charge on any atom is -0.465 e. The van der Waals surface area contributed by atoms with Crippen molar-refractivity contribution in [3.8, 4) is 0 Å². The number of hydrogen-bond acceptors (Lipinski definition) is 8. The summed E-state index contributed by atoms with van der Waals surface area (Å²) in [5.41, 5.74) is 0. The molecule has 0 radical (unpaired) electrons. The fourth-order valence-electron chi connectivity index (χ4n) is 3.26. The molecule has 4 aliphatic heterocycles. The predicted octanol–water partition coefficient (Wildman–Crippen LogP) is -2.10. The van der Waals surface area contributed by atoms with Crippen LogP contribution in [0.5, 0.6) is 0 Å². The van der Waals surface area contributed by atoms with Crippen molar-refractivity contribution >= 4 is 23.5 Å². The first-order valence-electron chi connectivity index (χ1n) is 7.38. The molecule has 0 aromatic carbocycles. The van der Waals surface area contributed by atoms with Crippen LogP contribution in [0.1, 0.15) is 0 Å². The summed E-state index contributed by atoms with van der Waals surface area (Å²) in [6.07, 6.45) is 0. The van der Waals surface area contributed by atoms with E-state index in [0.717, 1.165) is 13.1 Å². The number of Topliss-reactive ketones (excluding diaryl/α,β-unsaturated/α-hetero) is 2. The Morgan fingerprint density at radius 3 is 1.50 bits per heavy atom. The maximum absolute atomic E-state index is 11.1. The molecule has 0 bridgehead atoms. The van der Waals surface area contributed by atoms with E-state index in [1.54, 1.807) is 0 Å². The van der Waals surface area contributed by atoms with Crippen LogP contribution < -0.4 is 10.6 Å². The van der Waals surface area contributed by atoms with Gasteiger partial charge in [-0.2, -0.15) is 0 Å². The Labute approximate surface area is 126 Å². The van der Waals surface area contributed by atoms with Crippen LogP contribution in [0.4, 0.5) is 0 Å². The largest absolute Gasteiger partial charge is 0.465 e. The van der Waals surface area contributed by atoms with Crippen LogP contribution in [0, 0.1) is 23.7 Å². The Hall–Kier alpha value is -1.80. The van der Waals surface area contributed by atoms with Gasteiger partial charge in [-0.05, 0) is 0 Å². The number of ketones is 2. The van der Waals surface area contributed by atoms with Gasteiger partial charge in [-0.3, -0.25) is 19.2 Å². The van der Waals surface area contributed by atoms with Gasteiger partial charge < -0.3 is 20.1 Å². The summed E-state index contributed by atoms with van der Waals surface area (Å²) in [4.78, 5) is 44.1. The fourth-order valence-corrected chi connectivity index (χ4v) is 3.26. The van der Waals surface area contributed by atoms with Gasteiger partial charge >= 0.3 is 11.9 Å². The number of fused-ring (bicyclic) bond motifs is 2. The van der Waals surface area contributed by atoms with Gasteiger partial charge in [0.25, 0.3) is 0 Å². The van der Waals surface area contributed by atoms with Gasteiger partial charge in [0.2, 0.25) is 0 Å². The SMILES string of the molecule is O=C1CNCC2COC(=O)C12.O=C1CNCC2COC(=O)C12. The maximum atomic E-state index is 11.1. The number of piperidine rings is 2. The van der Waals surface area contributed by atoms with E-state index in [1.807, 2.05) is 0 Å².